The van der Waals surface area contributed by atoms with E-state index in [9.17, 15) is 9.59 Å². The van der Waals surface area contributed by atoms with Crippen molar-refractivity contribution in [1.29, 1.82) is 0 Å². The molecule has 0 aliphatic carbocycles. The molecule has 2 aromatic carbocycles. The number of nitrogens with one attached hydrogen (secondary N) is 4. The van der Waals surface area contributed by atoms with E-state index in [4.69, 9.17) is 11.6 Å². The summed E-state index contributed by atoms with van der Waals surface area (Å²) in [4.78, 5) is 24.1. The number of para-hydroxylation sites is 1. The van der Waals surface area contributed by atoms with Crippen molar-refractivity contribution in [3.05, 3.63) is 59.1 Å². The molecule has 0 radical (unpaired) electrons. The van der Waals surface area contributed by atoms with Crippen LogP contribution in [-0.4, -0.2) is 25.5 Å². The first-order chi connectivity index (χ1) is 12.5. The van der Waals surface area contributed by atoms with Crippen molar-refractivity contribution in [2.24, 2.45) is 5.92 Å². The molecule has 1 unspecified atom stereocenters. The van der Waals surface area contributed by atoms with Crippen molar-refractivity contribution in [3.63, 3.8) is 0 Å². The highest BCUT2D eigenvalue weighted by Gasteiger charge is 2.12. The molecular formula is C19H24Cl2N4O2. The van der Waals surface area contributed by atoms with Crippen LogP contribution in [0.2, 0.25) is 5.02 Å². The summed E-state index contributed by atoms with van der Waals surface area (Å²) in [6, 6.07) is 14.0. The van der Waals surface area contributed by atoms with Crippen LogP contribution in [0, 0.1) is 5.92 Å². The first-order valence-electron chi connectivity index (χ1n) is 8.33. The third-order valence-electron chi connectivity index (χ3n) is 3.73. The number of urea groups is 1. The lowest BCUT2D eigenvalue weighted by Crippen LogP contribution is -2.29. The summed E-state index contributed by atoms with van der Waals surface area (Å²) in [6.45, 7) is 2.79. The molecule has 8 heteroatoms. The molecule has 4 N–H and O–H groups in total. The van der Waals surface area contributed by atoms with Gasteiger partial charge in [-0.05, 0) is 36.9 Å². The molecule has 0 aromatic heterocycles. The molecule has 3 amide bonds. The fourth-order valence-corrected chi connectivity index (χ4v) is 2.52. The van der Waals surface area contributed by atoms with Crippen LogP contribution in [0.5, 0.6) is 0 Å². The molecule has 0 aliphatic heterocycles. The molecule has 0 saturated carbocycles. The van der Waals surface area contributed by atoms with Gasteiger partial charge in [-0.1, -0.05) is 42.8 Å². The summed E-state index contributed by atoms with van der Waals surface area (Å²) in [5, 5.41) is 11.8. The molecule has 0 saturated heterocycles. The minimum Gasteiger partial charge on any atom is -0.334 e. The Morgan fingerprint density at radius 1 is 1.07 bits per heavy atom. The van der Waals surface area contributed by atoms with E-state index < -0.39 is 0 Å². The Balaban J connectivity index is 0.00000364. The average molecular weight is 411 g/mol. The second-order valence-electron chi connectivity index (χ2n) is 5.94. The number of hydrogen-bond acceptors (Lipinski definition) is 3. The lowest BCUT2D eigenvalue weighted by atomic mass is 10.1. The third-order valence-corrected chi connectivity index (χ3v) is 4.06. The lowest BCUT2D eigenvalue weighted by Gasteiger charge is -2.13. The first kappa shape index (κ1) is 22.8. The lowest BCUT2D eigenvalue weighted by molar-refractivity contribution is -0.119. The molecule has 1 atom stereocenters. The molecule has 27 heavy (non-hydrogen) atoms. The summed E-state index contributed by atoms with van der Waals surface area (Å²) in [5.74, 6) is -0.191. The minimum absolute atomic E-state index is 0. The monoisotopic (exact) mass is 410 g/mol. The Labute approximate surface area is 170 Å². The van der Waals surface area contributed by atoms with E-state index >= 15 is 0 Å². The number of hydrogen-bond donors (Lipinski definition) is 4. The number of carbonyl (C=O) groups is 2. The Kier molecular flexibility index (Phi) is 9.64. The smallest absolute Gasteiger partial charge is 0.319 e. The zero-order valence-corrected chi connectivity index (χ0v) is 16.8. The molecule has 0 bridgehead atoms. The van der Waals surface area contributed by atoms with Gasteiger partial charge < -0.3 is 21.3 Å². The second kappa shape index (κ2) is 11.4. The summed E-state index contributed by atoms with van der Waals surface area (Å²) < 4.78 is 0. The van der Waals surface area contributed by atoms with E-state index in [1.807, 2.05) is 38.2 Å². The van der Waals surface area contributed by atoms with Crippen molar-refractivity contribution in [3.8, 4) is 0 Å². The zero-order chi connectivity index (χ0) is 18.9. The van der Waals surface area contributed by atoms with Crippen molar-refractivity contribution in [2.45, 2.75) is 13.5 Å². The zero-order valence-electron chi connectivity index (χ0n) is 15.2. The van der Waals surface area contributed by atoms with Gasteiger partial charge in [0.15, 0.2) is 0 Å². The third kappa shape index (κ3) is 7.46. The highest BCUT2D eigenvalue weighted by Crippen LogP contribution is 2.20. The maximum atomic E-state index is 12.1. The molecule has 0 fully saturated rings. The standard InChI is InChI=1S/C19H23ClN4O2.ClH/c1-13(11-21-2)18(25)23-15-7-5-6-14(10-15)12-22-19(26)24-17-9-4-3-8-16(17)20;/h3-10,13,21H,11-12H2,1-2H3,(H,23,25)(H2,22,24,26);1H. The van der Waals surface area contributed by atoms with E-state index in [0.717, 1.165) is 5.56 Å². The first-order valence-corrected chi connectivity index (χ1v) is 8.71. The summed E-state index contributed by atoms with van der Waals surface area (Å²) in [7, 11) is 1.81. The van der Waals surface area contributed by atoms with Crippen LogP contribution in [0.1, 0.15) is 12.5 Å². The van der Waals surface area contributed by atoms with Gasteiger partial charge in [0.05, 0.1) is 10.7 Å². The second-order valence-corrected chi connectivity index (χ2v) is 6.34. The molecule has 2 rings (SSSR count). The molecule has 0 heterocycles. The number of benzene rings is 2. The predicted octanol–water partition coefficient (Wildman–Crippen LogP) is 3.88. The number of carbonyl (C=O) groups excluding carboxylic acids is 2. The molecule has 6 nitrogen and oxygen atoms in total. The number of rotatable bonds is 7. The van der Waals surface area contributed by atoms with E-state index in [0.29, 0.717) is 29.5 Å². The van der Waals surface area contributed by atoms with Crippen molar-refractivity contribution in [2.75, 3.05) is 24.2 Å². The number of amides is 3. The average Bonchev–Trinajstić information content (AvgIpc) is 2.62. The van der Waals surface area contributed by atoms with Crippen molar-refractivity contribution >= 4 is 47.3 Å². The van der Waals surface area contributed by atoms with Crippen molar-refractivity contribution in [1.82, 2.24) is 10.6 Å². The van der Waals surface area contributed by atoms with Crippen LogP contribution < -0.4 is 21.3 Å². The van der Waals surface area contributed by atoms with E-state index in [2.05, 4.69) is 21.3 Å². The highest BCUT2D eigenvalue weighted by atomic mass is 35.5. The largest absolute Gasteiger partial charge is 0.334 e. The summed E-state index contributed by atoms with van der Waals surface area (Å²) in [6.07, 6.45) is 0. The van der Waals surface area contributed by atoms with E-state index in [-0.39, 0.29) is 30.3 Å². The molecule has 0 aliphatic rings. The molecule has 146 valence electrons. The van der Waals surface area contributed by atoms with Gasteiger partial charge in [0, 0.05) is 24.7 Å². The fourth-order valence-electron chi connectivity index (χ4n) is 2.33. The Hall–Kier alpha value is -2.28. The van der Waals surface area contributed by atoms with Gasteiger partial charge in [-0.25, -0.2) is 4.79 Å². The number of halogens is 2. The minimum atomic E-state index is -0.352. The maximum Gasteiger partial charge on any atom is 0.319 e. The Morgan fingerprint density at radius 3 is 2.52 bits per heavy atom. The van der Waals surface area contributed by atoms with Crippen LogP contribution in [0.25, 0.3) is 0 Å². The van der Waals surface area contributed by atoms with Gasteiger partial charge >= 0.3 is 6.03 Å². The Bertz CT molecular complexity index is 771. The predicted molar refractivity (Wildman–Crippen MR) is 113 cm³/mol. The normalized spacial score (nSPS) is 11.1. The topological polar surface area (TPSA) is 82.3 Å². The highest BCUT2D eigenvalue weighted by molar-refractivity contribution is 6.33. The van der Waals surface area contributed by atoms with Gasteiger partial charge in [-0.2, -0.15) is 0 Å². The molecule has 2 aromatic rings. The fraction of sp³-hybridized carbons (Fsp3) is 0.263. The molecule has 0 spiro atoms. The van der Waals surface area contributed by atoms with Crippen LogP contribution in [0.4, 0.5) is 16.2 Å². The van der Waals surface area contributed by atoms with E-state index in [1.54, 1.807) is 24.3 Å². The van der Waals surface area contributed by atoms with E-state index in [1.165, 1.54) is 0 Å². The van der Waals surface area contributed by atoms with Crippen LogP contribution in [0.15, 0.2) is 48.5 Å². The Morgan fingerprint density at radius 2 is 1.81 bits per heavy atom. The summed E-state index contributed by atoms with van der Waals surface area (Å²) >= 11 is 6.02. The van der Waals surface area contributed by atoms with Gasteiger partial charge in [-0.15, -0.1) is 12.4 Å². The van der Waals surface area contributed by atoms with Gasteiger partial charge in [-0.3, -0.25) is 4.79 Å². The van der Waals surface area contributed by atoms with Crippen LogP contribution in [-0.2, 0) is 11.3 Å². The van der Waals surface area contributed by atoms with Crippen molar-refractivity contribution < 1.29 is 9.59 Å². The van der Waals surface area contributed by atoms with Crippen LogP contribution >= 0.6 is 24.0 Å². The van der Waals surface area contributed by atoms with Gasteiger partial charge in [0.2, 0.25) is 5.91 Å². The number of anilines is 2. The summed E-state index contributed by atoms with van der Waals surface area (Å²) in [5.41, 5.74) is 2.12. The van der Waals surface area contributed by atoms with Crippen LogP contribution in [0.3, 0.4) is 0 Å². The molecular weight excluding hydrogens is 387 g/mol. The SMILES string of the molecule is CNCC(C)C(=O)Nc1cccc(CNC(=O)Nc2ccccc2Cl)c1.Cl. The quantitative estimate of drug-likeness (QED) is 0.558. The van der Waals surface area contributed by atoms with Gasteiger partial charge in [0.25, 0.3) is 0 Å². The maximum absolute atomic E-state index is 12.1. The van der Waals surface area contributed by atoms with Gasteiger partial charge in [0.1, 0.15) is 0 Å².